The van der Waals surface area contributed by atoms with E-state index in [1.807, 2.05) is 6.07 Å². The average molecular weight is 345 g/mol. The maximum absolute atomic E-state index is 12.5. The average Bonchev–Trinajstić information content (AvgIpc) is 2.92. The van der Waals surface area contributed by atoms with E-state index in [0.717, 1.165) is 0 Å². The minimum absolute atomic E-state index is 0.0585. The van der Waals surface area contributed by atoms with Crippen molar-refractivity contribution in [3.05, 3.63) is 35.0 Å². The molecule has 1 aliphatic rings. The third-order valence-corrected chi connectivity index (χ3v) is 3.62. The van der Waals surface area contributed by atoms with Crippen LogP contribution in [0.25, 0.3) is 0 Å². The number of benzene rings is 1. The van der Waals surface area contributed by atoms with Crippen LogP contribution in [0.2, 0.25) is 0 Å². The van der Waals surface area contributed by atoms with Crippen molar-refractivity contribution in [3.63, 3.8) is 0 Å². The first-order valence-electron chi connectivity index (χ1n) is 7.71. The largest absolute Gasteiger partial charge is 0.492 e. The van der Waals surface area contributed by atoms with Gasteiger partial charge in [0, 0.05) is 18.3 Å². The number of nitrogens with one attached hydrogen (secondary N) is 1. The van der Waals surface area contributed by atoms with Crippen molar-refractivity contribution in [1.29, 1.82) is 5.26 Å². The number of nitrogens with zero attached hydrogens (tertiary/aromatic N) is 2. The number of carbonyl (C=O) groups is 2. The molecule has 1 amide bonds. The van der Waals surface area contributed by atoms with E-state index < -0.39 is 11.9 Å². The summed E-state index contributed by atoms with van der Waals surface area (Å²) < 4.78 is 10.1. The Morgan fingerprint density at radius 1 is 1.48 bits per heavy atom. The molecular weight excluding hydrogens is 326 g/mol. The molecule has 132 valence electrons. The molecule has 2 rings (SSSR count). The summed E-state index contributed by atoms with van der Waals surface area (Å²) in [6, 6.07) is 6.80. The molecule has 1 aromatic carbocycles. The van der Waals surface area contributed by atoms with Crippen LogP contribution in [0.5, 0.6) is 5.75 Å². The lowest BCUT2D eigenvalue weighted by Gasteiger charge is -2.15. The number of hydrogen-bond acceptors (Lipinski definition) is 7. The SMILES string of the molecule is CCOc1cc(NC2=C(C(=O)OC)CN(CCO)C2=O)ccc1C#N. The lowest BCUT2D eigenvalue weighted by atomic mass is 10.1. The van der Waals surface area contributed by atoms with Crippen molar-refractivity contribution in [3.8, 4) is 11.8 Å². The molecule has 0 aliphatic carbocycles. The van der Waals surface area contributed by atoms with Crippen LogP contribution in [0.3, 0.4) is 0 Å². The summed E-state index contributed by atoms with van der Waals surface area (Å²) in [6.07, 6.45) is 0. The zero-order valence-corrected chi connectivity index (χ0v) is 14.0. The number of aliphatic hydroxyl groups excluding tert-OH is 1. The summed E-state index contributed by atoms with van der Waals surface area (Å²) in [5.74, 6) is -0.639. The van der Waals surface area contributed by atoms with Gasteiger partial charge in [0.05, 0.1) is 38.0 Å². The highest BCUT2D eigenvalue weighted by molar-refractivity contribution is 6.08. The van der Waals surface area contributed by atoms with Crippen LogP contribution in [-0.4, -0.2) is 55.3 Å². The quantitative estimate of drug-likeness (QED) is 0.697. The Morgan fingerprint density at radius 2 is 2.24 bits per heavy atom. The van der Waals surface area contributed by atoms with Crippen LogP contribution in [0.15, 0.2) is 29.5 Å². The number of β-amino-alcohol motifs (C(OH)–C–C–N with tert-alkyl or cyclic N) is 1. The Balaban J connectivity index is 2.35. The molecule has 0 fully saturated rings. The molecule has 0 spiro atoms. The molecule has 0 atom stereocenters. The van der Waals surface area contributed by atoms with E-state index >= 15 is 0 Å². The van der Waals surface area contributed by atoms with Gasteiger partial charge in [-0.25, -0.2) is 4.79 Å². The van der Waals surface area contributed by atoms with Gasteiger partial charge in [-0.1, -0.05) is 0 Å². The standard InChI is InChI=1S/C17H19N3O5/c1-3-25-14-8-12(5-4-11(14)9-18)19-15-13(17(23)24-2)10-20(6-7-21)16(15)22/h4-5,8,19,21H,3,6-7,10H2,1-2H3. The number of ether oxygens (including phenoxy) is 2. The number of hydrogen-bond donors (Lipinski definition) is 2. The molecule has 1 aliphatic heterocycles. The van der Waals surface area contributed by atoms with Gasteiger partial charge in [-0.2, -0.15) is 5.26 Å². The fourth-order valence-electron chi connectivity index (χ4n) is 2.46. The Kier molecular flexibility index (Phi) is 5.98. The number of carbonyl (C=O) groups excluding carboxylic acids is 2. The topological polar surface area (TPSA) is 112 Å². The lowest BCUT2D eigenvalue weighted by Crippen LogP contribution is -2.31. The molecule has 2 N–H and O–H groups in total. The first-order chi connectivity index (χ1) is 12.0. The van der Waals surface area contributed by atoms with Crippen LogP contribution in [0.1, 0.15) is 12.5 Å². The number of esters is 1. The Morgan fingerprint density at radius 3 is 2.84 bits per heavy atom. The van der Waals surface area contributed by atoms with Gasteiger partial charge >= 0.3 is 5.97 Å². The zero-order chi connectivity index (χ0) is 18.4. The van der Waals surface area contributed by atoms with E-state index in [9.17, 15) is 9.59 Å². The van der Waals surface area contributed by atoms with Gasteiger partial charge < -0.3 is 24.8 Å². The highest BCUT2D eigenvalue weighted by atomic mass is 16.5. The number of methoxy groups -OCH3 is 1. The maximum atomic E-state index is 12.5. The van der Waals surface area contributed by atoms with E-state index in [2.05, 4.69) is 5.32 Å². The fraction of sp³-hybridized carbons (Fsp3) is 0.353. The molecule has 0 aromatic heterocycles. The van der Waals surface area contributed by atoms with Crippen molar-refractivity contribution < 1.29 is 24.2 Å². The first-order valence-corrected chi connectivity index (χ1v) is 7.71. The summed E-state index contributed by atoms with van der Waals surface area (Å²) in [5.41, 5.74) is 1.14. The fourth-order valence-corrected chi connectivity index (χ4v) is 2.46. The smallest absolute Gasteiger partial charge is 0.337 e. The third kappa shape index (κ3) is 3.89. The van der Waals surface area contributed by atoms with Crippen LogP contribution in [-0.2, 0) is 14.3 Å². The van der Waals surface area contributed by atoms with Crippen LogP contribution >= 0.6 is 0 Å². The van der Waals surface area contributed by atoms with Gasteiger partial charge in [0.1, 0.15) is 17.5 Å². The lowest BCUT2D eigenvalue weighted by molar-refractivity contribution is -0.136. The Labute approximate surface area is 145 Å². The third-order valence-electron chi connectivity index (χ3n) is 3.62. The molecule has 0 saturated carbocycles. The van der Waals surface area contributed by atoms with Gasteiger partial charge in [-0.3, -0.25) is 4.79 Å². The second kappa shape index (κ2) is 8.17. The van der Waals surface area contributed by atoms with Gasteiger partial charge in [-0.05, 0) is 19.1 Å². The highest BCUT2D eigenvalue weighted by Crippen LogP contribution is 2.27. The van der Waals surface area contributed by atoms with Crippen molar-refractivity contribution in [2.75, 3.05) is 38.7 Å². The van der Waals surface area contributed by atoms with E-state index in [1.165, 1.54) is 12.0 Å². The molecule has 8 nitrogen and oxygen atoms in total. The maximum Gasteiger partial charge on any atom is 0.337 e. The number of nitriles is 1. The molecule has 0 bridgehead atoms. The predicted molar refractivity (Wildman–Crippen MR) is 88.7 cm³/mol. The van der Waals surface area contributed by atoms with Gasteiger partial charge in [-0.15, -0.1) is 0 Å². The molecule has 0 radical (unpaired) electrons. The molecule has 1 heterocycles. The van der Waals surface area contributed by atoms with Crippen LogP contribution in [0.4, 0.5) is 5.69 Å². The van der Waals surface area contributed by atoms with E-state index in [1.54, 1.807) is 25.1 Å². The highest BCUT2D eigenvalue weighted by Gasteiger charge is 2.34. The summed E-state index contributed by atoms with van der Waals surface area (Å²) in [6.45, 7) is 2.15. The predicted octanol–water partition coefficient (Wildman–Crippen LogP) is 0.630. The molecule has 1 aromatic rings. The molecule has 0 saturated heterocycles. The Hall–Kier alpha value is -3.05. The first kappa shape index (κ1) is 18.3. The minimum atomic E-state index is -0.616. The monoisotopic (exact) mass is 345 g/mol. The van der Waals surface area contributed by atoms with Crippen molar-refractivity contribution in [2.24, 2.45) is 0 Å². The van der Waals surface area contributed by atoms with E-state index in [0.29, 0.717) is 23.6 Å². The zero-order valence-electron chi connectivity index (χ0n) is 14.0. The minimum Gasteiger partial charge on any atom is -0.492 e. The summed E-state index contributed by atoms with van der Waals surface area (Å²) in [4.78, 5) is 25.8. The normalized spacial score (nSPS) is 13.7. The second-order valence-corrected chi connectivity index (χ2v) is 5.18. The number of rotatable bonds is 7. The van der Waals surface area contributed by atoms with E-state index in [4.69, 9.17) is 19.8 Å². The Bertz CT molecular complexity index is 751. The second-order valence-electron chi connectivity index (χ2n) is 5.18. The summed E-state index contributed by atoms with van der Waals surface area (Å²) in [5, 5.41) is 21.1. The summed E-state index contributed by atoms with van der Waals surface area (Å²) in [7, 11) is 1.24. The molecule has 25 heavy (non-hydrogen) atoms. The van der Waals surface area contributed by atoms with Gasteiger partial charge in [0.25, 0.3) is 5.91 Å². The van der Waals surface area contributed by atoms with E-state index in [-0.39, 0.29) is 31.0 Å². The molecule has 8 heteroatoms. The van der Waals surface area contributed by atoms with Crippen molar-refractivity contribution in [2.45, 2.75) is 6.92 Å². The van der Waals surface area contributed by atoms with Crippen molar-refractivity contribution >= 4 is 17.6 Å². The van der Waals surface area contributed by atoms with Crippen LogP contribution in [0, 0.1) is 11.3 Å². The van der Waals surface area contributed by atoms with Crippen molar-refractivity contribution in [1.82, 2.24) is 4.90 Å². The van der Waals surface area contributed by atoms with Crippen LogP contribution < -0.4 is 10.1 Å². The molecule has 0 unspecified atom stereocenters. The number of aliphatic hydroxyl groups is 1. The number of amides is 1. The number of anilines is 1. The van der Waals surface area contributed by atoms with Gasteiger partial charge in [0.15, 0.2) is 0 Å². The van der Waals surface area contributed by atoms with Gasteiger partial charge in [0.2, 0.25) is 0 Å². The summed E-state index contributed by atoms with van der Waals surface area (Å²) >= 11 is 0. The molecular formula is C17H19N3O5.